The number of halogens is 2. The first-order chi connectivity index (χ1) is 17.8. The summed E-state index contributed by atoms with van der Waals surface area (Å²) in [6.07, 6.45) is 5.20. The molecule has 0 bridgehead atoms. The summed E-state index contributed by atoms with van der Waals surface area (Å²) in [7, 11) is 6.62. The van der Waals surface area contributed by atoms with Crippen molar-refractivity contribution in [3.63, 3.8) is 0 Å². The van der Waals surface area contributed by atoms with Crippen LogP contribution in [-0.2, 0) is 24.2 Å². The quantitative estimate of drug-likeness (QED) is 0.332. The monoisotopic (exact) mass is 514 g/mol. The van der Waals surface area contributed by atoms with Crippen molar-refractivity contribution in [2.24, 2.45) is 0 Å². The fraction of sp³-hybridized carbons (Fsp3) is 0.423. The standard InChI is InChI=1S/C26H32F2N6O3/c1-6-21(35)29-18-14-34(11-10-33(2)3)32-26(18)25-16-9-7-8-15(12-17(16)30-31-25)22-23(27)19(36-4)13-20(37-5)24(22)28/h6,13-15H,1,7-12H2,2-5H3,(H,29,35)(H,30,31)/t15-/m1/s1. The molecule has 9 nitrogen and oxygen atoms in total. The molecule has 1 aliphatic rings. The molecule has 4 rings (SSSR count). The van der Waals surface area contributed by atoms with Gasteiger partial charge in [-0.3, -0.25) is 14.6 Å². The molecule has 1 atom stereocenters. The molecule has 0 fully saturated rings. The minimum Gasteiger partial charge on any atom is -0.494 e. The molecule has 0 saturated carbocycles. The van der Waals surface area contributed by atoms with Gasteiger partial charge in [-0.1, -0.05) is 6.58 Å². The zero-order valence-electron chi connectivity index (χ0n) is 21.5. The molecular weight excluding hydrogens is 482 g/mol. The Kier molecular flexibility index (Phi) is 7.91. The van der Waals surface area contributed by atoms with E-state index in [9.17, 15) is 4.79 Å². The van der Waals surface area contributed by atoms with Crippen LogP contribution >= 0.6 is 0 Å². The minimum absolute atomic E-state index is 0.0490. The number of hydrogen-bond donors (Lipinski definition) is 2. The third-order valence-electron chi connectivity index (χ3n) is 6.60. The molecule has 1 aromatic carbocycles. The van der Waals surface area contributed by atoms with Gasteiger partial charge in [0, 0.05) is 35.6 Å². The predicted molar refractivity (Wildman–Crippen MR) is 136 cm³/mol. The third kappa shape index (κ3) is 5.36. The largest absolute Gasteiger partial charge is 0.494 e. The van der Waals surface area contributed by atoms with Crippen molar-refractivity contribution in [1.29, 1.82) is 0 Å². The van der Waals surface area contributed by atoms with Gasteiger partial charge in [0.25, 0.3) is 0 Å². The van der Waals surface area contributed by atoms with E-state index in [4.69, 9.17) is 14.6 Å². The molecular formula is C26H32F2N6O3. The lowest BCUT2D eigenvalue weighted by molar-refractivity contribution is -0.111. The Morgan fingerprint density at radius 3 is 2.59 bits per heavy atom. The number of carbonyl (C=O) groups excluding carboxylic acids is 1. The number of likely N-dealkylation sites (N-methyl/N-ethyl adjacent to an activating group) is 1. The predicted octanol–water partition coefficient (Wildman–Crippen LogP) is 3.92. The van der Waals surface area contributed by atoms with Gasteiger partial charge in [-0.05, 0) is 51.8 Å². The maximum absolute atomic E-state index is 15.2. The van der Waals surface area contributed by atoms with Crippen LogP contribution in [0.15, 0.2) is 24.9 Å². The van der Waals surface area contributed by atoms with Crippen LogP contribution in [0.3, 0.4) is 0 Å². The molecule has 0 aliphatic heterocycles. The van der Waals surface area contributed by atoms with Gasteiger partial charge in [0.05, 0.1) is 26.5 Å². The fourth-order valence-electron chi connectivity index (χ4n) is 4.71. The molecule has 0 radical (unpaired) electrons. The van der Waals surface area contributed by atoms with Crippen LogP contribution in [0, 0.1) is 11.6 Å². The topological polar surface area (TPSA) is 97.3 Å². The van der Waals surface area contributed by atoms with Crippen molar-refractivity contribution in [3.8, 4) is 22.9 Å². The fourth-order valence-corrected chi connectivity index (χ4v) is 4.71. The number of nitrogens with one attached hydrogen (secondary N) is 2. The summed E-state index contributed by atoms with van der Waals surface area (Å²) in [5.41, 5.74) is 3.32. The van der Waals surface area contributed by atoms with Gasteiger partial charge in [0.1, 0.15) is 11.4 Å². The van der Waals surface area contributed by atoms with Crippen molar-refractivity contribution >= 4 is 11.6 Å². The molecule has 37 heavy (non-hydrogen) atoms. The number of aromatic nitrogens is 4. The molecule has 2 heterocycles. The Labute approximate surface area is 214 Å². The number of benzene rings is 1. The molecule has 3 aromatic rings. The van der Waals surface area contributed by atoms with E-state index in [1.807, 2.05) is 19.0 Å². The SMILES string of the molecule is C=CC(=O)Nc1cn(CCN(C)C)nc1-c1n[nH]c2c1CCC[C@@H](c1c(F)c(OC)cc(OC)c1F)C2. The van der Waals surface area contributed by atoms with Gasteiger partial charge < -0.3 is 19.7 Å². The van der Waals surface area contributed by atoms with E-state index in [2.05, 4.69) is 22.1 Å². The van der Waals surface area contributed by atoms with Crippen LogP contribution in [0.2, 0.25) is 0 Å². The Morgan fingerprint density at radius 1 is 1.27 bits per heavy atom. The van der Waals surface area contributed by atoms with E-state index in [0.29, 0.717) is 49.3 Å². The Bertz CT molecular complexity index is 1270. The summed E-state index contributed by atoms with van der Waals surface area (Å²) in [6, 6.07) is 1.22. The second kappa shape index (κ2) is 11.1. The van der Waals surface area contributed by atoms with Gasteiger partial charge in [0.15, 0.2) is 23.1 Å². The summed E-state index contributed by atoms with van der Waals surface area (Å²) in [5.74, 6) is -2.36. The number of carbonyl (C=O) groups is 1. The summed E-state index contributed by atoms with van der Waals surface area (Å²) in [5, 5.41) is 15.1. The maximum Gasteiger partial charge on any atom is 0.247 e. The van der Waals surface area contributed by atoms with Gasteiger partial charge >= 0.3 is 0 Å². The number of anilines is 1. The van der Waals surface area contributed by atoms with Crippen molar-refractivity contribution in [3.05, 3.63) is 53.4 Å². The number of aromatic amines is 1. The molecule has 0 spiro atoms. The first-order valence-electron chi connectivity index (χ1n) is 12.1. The van der Waals surface area contributed by atoms with E-state index in [1.54, 1.807) is 10.9 Å². The number of fused-ring (bicyclic) bond motifs is 1. The van der Waals surface area contributed by atoms with Crippen LogP contribution < -0.4 is 14.8 Å². The van der Waals surface area contributed by atoms with Gasteiger partial charge in [-0.15, -0.1) is 0 Å². The molecule has 198 valence electrons. The highest BCUT2D eigenvalue weighted by Gasteiger charge is 2.31. The van der Waals surface area contributed by atoms with Crippen LogP contribution in [0.25, 0.3) is 11.4 Å². The molecule has 0 unspecified atom stereocenters. The number of hydrogen-bond acceptors (Lipinski definition) is 6. The van der Waals surface area contributed by atoms with Crippen molar-refractivity contribution in [2.75, 3.05) is 40.2 Å². The van der Waals surface area contributed by atoms with Gasteiger partial charge in [-0.25, -0.2) is 8.78 Å². The van der Waals surface area contributed by atoms with Crippen molar-refractivity contribution in [1.82, 2.24) is 24.9 Å². The minimum atomic E-state index is -0.719. The number of amides is 1. The average molecular weight is 515 g/mol. The first kappa shape index (κ1) is 26.3. The molecule has 1 aliphatic carbocycles. The first-order valence-corrected chi connectivity index (χ1v) is 12.1. The molecule has 1 amide bonds. The number of H-pyrrole nitrogens is 1. The Hall–Kier alpha value is -3.73. The molecule has 0 saturated heterocycles. The lowest BCUT2D eigenvalue weighted by atomic mass is 9.90. The number of ether oxygens (including phenoxy) is 2. The third-order valence-corrected chi connectivity index (χ3v) is 6.60. The van der Waals surface area contributed by atoms with Crippen molar-refractivity contribution in [2.45, 2.75) is 38.1 Å². The Morgan fingerprint density at radius 2 is 1.97 bits per heavy atom. The van der Waals surface area contributed by atoms with Crippen LogP contribution in [-0.4, -0.2) is 65.6 Å². The zero-order chi connectivity index (χ0) is 26.7. The summed E-state index contributed by atoms with van der Waals surface area (Å²) >= 11 is 0. The van der Waals surface area contributed by atoms with E-state index >= 15 is 8.78 Å². The van der Waals surface area contributed by atoms with Crippen LogP contribution in [0.1, 0.15) is 35.6 Å². The highest BCUT2D eigenvalue weighted by atomic mass is 19.1. The average Bonchev–Trinajstić information content (AvgIpc) is 3.39. The summed E-state index contributed by atoms with van der Waals surface area (Å²) in [6.45, 7) is 4.91. The highest BCUT2D eigenvalue weighted by molar-refractivity contribution is 6.01. The summed E-state index contributed by atoms with van der Waals surface area (Å²) < 4.78 is 42.5. The normalized spacial score (nSPS) is 15.3. The highest BCUT2D eigenvalue weighted by Crippen LogP contribution is 2.41. The van der Waals surface area contributed by atoms with Crippen LogP contribution in [0.4, 0.5) is 14.5 Å². The number of methoxy groups -OCH3 is 2. The zero-order valence-corrected chi connectivity index (χ0v) is 21.5. The van der Waals surface area contributed by atoms with E-state index in [0.717, 1.165) is 17.8 Å². The Balaban J connectivity index is 1.72. The smallest absolute Gasteiger partial charge is 0.247 e. The molecule has 2 aromatic heterocycles. The van der Waals surface area contributed by atoms with Crippen LogP contribution in [0.5, 0.6) is 11.5 Å². The lowest BCUT2D eigenvalue weighted by Crippen LogP contribution is -2.18. The van der Waals surface area contributed by atoms with Gasteiger partial charge in [0.2, 0.25) is 5.91 Å². The van der Waals surface area contributed by atoms with Crippen molar-refractivity contribution < 1.29 is 23.0 Å². The summed E-state index contributed by atoms with van der Waals surface area (Å²) in [4.78, 5) is 14.1. The second-order valence-electron chi connectivity index (χ2n) is 9.30. The van der Waals surface area contributed by atoms with E-state index in [1.165, 1.54) is 26.4 Å². The molecule has 11 heteroatoms. The van der Waals surface area contributed by atoms with E-state index < -0.39 is 17.6 Å². The number of nitrogens with zero attached hydrogens (tertiary/aromatic N) is 4. The number of rotatable bonds is 9. The second-order valence-corrected chi connectivity index (χ2v) is 9.30. The molecule has 2 N–H and O–H groups in total. The van der Waals surface area contributed by atoms with Gasteiger partial charge in [-0.2, -0.15) is 10.2 Å². The lowest BCUT2D eigenvalue weighted by Gasteiger charge is -2.19. The maximum atomic E-state index is 15.2. The van der Waals surface area contributed by atoms with E-state index in [-0.39, 0.29) is 23.0 Å².